The van der Waals surface area contributed by atoms with Crippen molar-refractivity contribution < 1.29 is 14.7 Å². The Labute approximate surface area is 147 Å². The number of carbonyl (C=O) groups is 2. The van der Waals surface area contributed by atoms with Crippen LogP contribution in [0.25, 0.3) is 10.9 Å². The predicted octanol–water partition coefficient (Wildman–Crippen LogP) is 2.89. The molecule has 1 saturated heterocycles. The zero-order valence-corrected chi connectivity index (χ0v) is 14.3. The number of aromatic amines is 1. The number of hydrogen-bond acceptors (Lipinski definition) is 4. The molecule has 0 saturated carbocycles. The number of nitrogens with zero attached hydrogens (tertiary/aromatic N) is 2. The second-order valence-corrected chi connectivity index (χ2v) is 6.61. The van der Waals surface area contributed by atoms with Crippen LogP contribution in [0, 0.1) is 0 Å². The summed E-state index contributed by atoms with van der Waals surface area (Å²) in [7, 11) is 1.58. The number of aromatic nitrogens is 1. The lowest BCUT2D eigenvalue weighted by Gasteiger charge is -2.14. The Balaban J connectivity index is 1.81. The molecule has 0 aliphatic carbocycles. The minimum atomic E-state index is -1.14. The van der Waals surface area contributed by atoms with Gasteiger partial charge in [0.2, 0.25) is 0 Å². The van der Waals surface area contributed by atoms with Gasteiger partial charge in [-0.2, -0.15) is 0 Å². The van der Waals surface area contributed by atoms with Gasteiger partial charge < -0.3 is 10.1 Å². The molecule has 1 aliphatic heterocycles. The largest absolute Gasteiger partial charge is 0.478 e. The van der Waals surface area contributed by atoms with E-state index >= 15 is 0 Å². The van der Waals surface area contributed by atoms with Crippen LogP contribution >= 0.6 is 23.4 Å². The number of benzene rings is 1. The van der Waals surface area contributed by atoms with Crippen LogP contribution in [-0.4, -0.2) is 45.6 Å². The van der Waals surface area contributed by atoms with Crippen molar-refractivity contribution in [3.8, 4) is 0 Å². The number of thioether (sulfide) groups is 1. The monoisotopic (exact) mass is 363 g/mol. The Morgan fingerprint density at radius 1 is 1.50 bits per heavy atom. The Morgan fingerprint density at radius 2 is 2.29 bits per heavy atom. The van der Waals surface area contributed by atoms with E-state index in [4.69, 9.17) is 16.7 Å². The summed E-state index contributed by atoms with van der Waals surface area (Å²) in [5.41, 5.74) is 2.02. The molecule has 2 aromatic rings. The quantitative estimate of drug-likeness (QED) is 0.818. The predicted molar refractivity (Wildman–Crippen MR) is 95.4 cm³/mol. The van der Waals surface area contributed by atoms with E-state index < -0.39 is 5.97 Å². The van der Waals surface area contributed by atoms with Crippen LogP contribution in [0.5, 0.6) is 0 Å². The van der Waals surface area contributed by atoms with Gasteiger partial charge in [-0.05, 0) is 41.9 Å². The van der Waals surface area contributed by atoms with Crippen LogP contribution < -0.4 is 0 Å². The maximum absolute atomic E-state index is 12.4. The number of hydrogen-bond donors (Lipinski definition) is 2. The summed E-state index contributed by atoms with van der Waals surface area (Å²) in [6.07, 6.45) is 3.42. The maximum Gasteiger partial charge on any atom is 0.329 e. The second-order valence-electron chi connectivity index (χ2n) is 5.17. The number of carbonyl (C=O) groups excluding carboxylic acids is 1. The number of halogens is 1. The minimum Gasteiger partial charge on any atom is -0.478 e. The SMILES string of the molecule is CN=C1SC(=CC(=O)O)C(=O)N1CCc1c[nH]c2ccc(Cl)cc12. The molecule has 1 amide bonds. The Hall–Kier alpha value is -2.25. The van der Waals surface area contributed by atoms with Crippen molar-refractivity contribution in [2.45, 2.75) is 6.42 Å². The van der Waals surface area contributed by atoms with Crippen molar-refractivity contribution in [2.75, 3.05) is 13.6 Å². The third kappa shape index (κ3) is 3.18. The molecule has 0 atom stereocenters. The number of H-pyrrole nitrogens is 1. The van der Waals surface area contributed by atoms with Crippen LogP contribution in [-0.2, 0) is 16.0 Å². The molecule has 3 rings (SSSR count). The molecule has 6 nitrogen and oxygen atoms in total. The van der Waals surface area contributed by atoms with E-state index in [0.717, 1.165) is 34.3 Å². The fourth-order valence-corrected chi connectivity index (χ4v) is 3.68. The average Bonchev–Trinajstić information content (AvgIpc) is 3.06. The van der Waals surface area contributed by atoms with Gasteiger partial charge in [0.25, 0.3) is 5.91 Å². The average molecular weight is 364 g/mol. The smallest absolute Gasteiger partial charge is 0.329 e. The van der Waals surface area contributed by atoms with Gasteiger partial charge in [-0.3, -0.25) is 14.7 Å². The van der Waals surface area contributed by atoms with Gasteiger partial charge in [0, 0.05) is 41.8 Å². The number of carboxylic acids is 1. The molecule has 2 N–H and O–H groups in total. The van der Waals surface area contributed by atoms with Crippen molar-refractivity contribution >= 4 is 51.3 Å². The molecule has 0 spiro atoms. The molecule has 0 radical (unpaired) electrons. The van der Waals surface area contributed by atoms with Crippen molar-refractivity contribution in [3.05, 3.63) is 46.0 Å². The fraction of sp³-hybridized carbons (Fsp3) is 0.188. The summed E-state index contributed by atoms with van der Waals surface area (Å²) in [4.78, 5) is 32.1. The first-order chi connectivity index (χ1) is 11.5. The summed E-state index contributed by atoms with van der Waals surface area (Å²) in [5.74, 6) is -1.48. The topological polar surface area (TPSA) is 85.8 Å². The van der Waals surface area contributed by atoms with Gasteiger partial charge in [-0.1, -0.05) is 11.6 Å². The van der Waals surface area contributed by atoms with Gasteiger partial charge in [0.05, 0.1) is 4.91 Å². The third-order valence-corrected chi connectivity index (χ3v) is 5.00. The standard InChI is InChI=1S/C16H14ClN3O3S/c1-18-16-20(15(23)13(24-16)7-14(21)22)5-4-9-8-19-12-3-2-10(17)6-11(9)12/h2-3,6-8,19H,4-5H2,1H3,(H,21,22). The molecular weight excluding hydrogens is 350 g/mol. The van der Waals surface area contributed by atoms with Crippen molar-refractivity contribution in [1.82, 2.24) is 9.88 Å². The summed E-state index contributed by atoms with van der Waals surface area (Å²) in [6, 6.07) is 5.61. The number of fused-ring (bicyclic) bond motifs is 1. The van der Waals surface area contributed by atoms with Crippen LogP contribution in [0.2, 0.25) is 5.02 Å². The van der Waals surface area contributed by atoms with Crippen molar-refractivity contribution in [3.63, 3.8) is 0 Å². The normalized spacial score (nSPS) is 18.2. The van der Waals surface area contributed by atoms with E-state index in [2.05, 4.69) is 9.98 Å². The lowest BCUT2D eigenvalue weighted by molar-refractivity contribution is -0.132. The highest BCUT2D eigenvalue weighted by molar-refractivity contribution is 8.18. The molecule has 1 aromatic heterocycles. The Kier molecular flexibility index (Phi) is 4.64. The summed E-state index contributed by atoms with van der Waals surface area (Å²) in [6.45, 7) is 0.412. The molecule has 24 heavy (non-hydrogen) atoms. The Morgan fingerprint density at radius 3 is 3.00 bits per heavy atom. The van der Waals surface area contributed by atoms with Crippen molar-refractivity contribution in [1.29, 1.82) is 0 Å². The van der Waals surface area contributed by atoms with E-state index in [-0.39, 0.29) is 10.8 Å². The zero-order chi connectivity index (χ0) is 17.3. The van der Waals surface area contributed by atoms with Crippen molar-refractivity contribution in [2.24, 2.45) is 4.99 Å². The maximum atomic E-state index is 12.4. The van der Waals surface area contributed by atoms with E-state index in [1.165, 1.54) is 4.90 Å². The molecular formula is C16H14ClN3O3S. The molecule has 8 heteroatoms. The third-order valence-electron chi connectivity index (χ3n) is 3.67. The lowest BCUT2D eigenvalue weighted by Crippen LogP contribution is -2.31. The van der Waals surface area contributed by atoms with E-state index in [1.807, 2.05) is 24.4 Å². The van der Waals surface area contributed by atoms with Crippen LogP contribution in [0.4, 0.5) is 0 Å². The first kappa shape index (κ1) is 16.6. The van der Waals surface area contributed by atoms with E-state index in [1.54, 1.807) is 7.05 Å². The van der Waals surface area contributed by atoms with Gasteiger partial charge in [-0.15, -0.1) is 0 Å². The lowest BCUT2D eigenvalue weighted by atomic mass is 10.1. The first-order valence-corrected chi connectivity index (χ1v) is 8.35. The van der Waals surface area contributed by atoms with Crippen LogP contribution in [0.3, 0.4) is 0 Å². The number of amidine groups is 1. The summed E-state index contributed by atoms with van der Waals surface area (Å²) < 4.78 is 0. The highest BCUT2D eigenvalue weighted by atomic mass is 35.5. The van der Waals surface area contributed by atoms with Crippen LogP contribution in [0.1, 0.15) is 5.56 Å². The van der Waals surface area contributed by atoms with Gasteiger partial charge in [-0.25, -0.2) is 4.79 Å². The highest BCUT2D eigenvalue weighted by Crippen LogP contribution is 2.31. The molecule has 1 fully saturated rings. The number of rotatable bonds is 4. The number of nitrogens with one attached hydrogen (secondary N) is 1. The molecule has 0 bridgehead atoms. The van der Waals surface area contributed by atoms with E-state index in [0.29, 0.717) is 23.2 Å². The number of aliphatic carboxylic acids is 1. The number of carboxylic acid groups (broad SMARTS) is 1. The zero-order valence-electron chi connectivity index (χ0n) is 12.7. The van der Waals surface area contributed by atoms with Gasteiger partial charge >= 0.3 is 5.97 Å². The second kappa shape index (κ2) is 6.70. The van der Waals surface area contributed by atoms with Crippen LogP contribution in [0.15, 0.2) is 40.4 Å². The molecule has 1 aromatic carbocycles. The van der Waals surface area contributed by atoms with E-state index in [9.17, 15) is 9.59 Å². The number of amides is 1. The Bertz CT molecular complexity index is 888. The molecule has 0 unspecified atom stereocenters. The highest BCUT2D eigenvalue weighted by Gasteiger charge is 2.33. The fourth-order valence-electron chi connectivity index (χ4n) is 2.57. The van der Waals surface area contributed by atoms with Gasteiger partial charge in [0.1, 0.15) is 0 Å². The first-order valence-electron chi connectivity index (χ1n) is 7.16. The summed E-state index contributed by atoms with van der Waals surface area (Å²) >= 11 is 7.12. The molecule has 1 aliphatic rings. The summed E-state index contributed by atoms with van der Waals surface area (Å²) in [5, 5.41) is 11.0. The van der Waals surface area contributed by atoms with Gasteiger partial charge in [0.15, 0.2) is 5.17 Å². The molecule has 2 heterocycles. The number of aliphatic imine (C=N–C) groups is 1. The minimum absolute atomic E-state index is 0.171. The molecule has 124 valence electrons.